The Morgan fingerprint density at radius 1 is 1.27 bits per heavy atom. The van der Waals surface area contributed by atoms with Crippen LogP contribution in [0.15, 0.2) is 40.7 Å². The normalized spacial score (nSPS) is 25.1. The Balaban J connectivity index is 1.75. The summed E-state index contributed by atoms with van der Waals surface area (Å²) in [6.45, 7) is 0. The summed E-state index contributed by atoms with van der Waals surface area (Å²) in [5.41, 5.74) is 3.22. The number of ether oxygens (including phenoxy) is 1. The highest BCUT2D eigenvalue weighted by atomic mass is 32.2. The standard InChI is InChI=1S/C20H21N3OS2/c1-25-20(22-12-21)23-16-8-4-2-6-13(16)18-15-10-11-26-19(15)14-7-3-5-9-17(14)24-18/h2,4,6,8,10-11,14,17-18H,3,5,7,9H2,1H3,(H,22,23). The Labute approximate surface area is 162 Å². The van der Waals surface area contributed by atoms with Gasteiger partial charge in [0.05, 0.1) is 11.8 Å². The minimum Gasteiger partial charge on any atom is -0.365 e. The number of benzene rings is 1. The number of fused-ring (bicyclic) bond motifs is 3. The van der Waals surface area contributed by atoms with Crippen LogP contribution in [0.3, 0.4) is 0 Å². The molecule has 0 saturated heterocycles. The molecule has 0 bridgehead atoms. The third kappa shape index (κ3) is 3.27. The van der Waals surface area contributed by atoms with Crippen LogP contribution in [0, 0.1) is 11.5 Å². The first-order chi connectivity index (χ1) is 12.8. The van der Waals surface area contributed by atoms with Gasteiger partial charge < -0.3 is 4.74 Å². The van der Waals surface area contributed by atoms with E-state index in [1.165, 1.54) is 41.5 Å². The van der Waals surface area contributed by atoms with E-state index in [9.17, 15) is 0 Å². The highest BCUT2D eigenvalue weighted by Crippen LogP contribution is 2.50. The third-order valence-corrected chi connectivity index (χ3v) is 6.80. The van der Waals surface area contributed by atoms with Crippen molar-refractivity contribution in [2.45, 2.75) is 43.8 Å². The number of hydrogen-bond acceptors (Lipinski definition) is 5. The number of thiophene rings is 1. The van der Waals surface area contributed by atoms with Crippen LogP contribution in [0.4, 0.5) is 5.69 Å². The Bertz CT molecular complexity index is 855. The first kappa shape index (κ1) is 17.6. The predicted molar refractivity (Wildman–Crippen MR) is 108 cm³/mol. The second-order valence-electron chi connectivity index (χ2n) is 6.60. The number of hydrogen-bond donors (Lipinski definition) is 1. The fraction of sp³-hybridized carbons (Fsp3) is 0.400. The molecule has 26 heavy (non-hydrogen) atoms. The van der Waals surface area contributed by atoms with Crippen molar-refractivity contribution in [2.75, 3.05) is 6.26 Å². The van der Waals surface area contributed by atoms with E-state index in [0.717, 1.165) is 17.7 Å². The molecule has 134 valence electrons. The molecule has 0 amide bonds. The highest BCUT2D eigenvalue weighted by Gasteiger charge is 2.39. The van der Waals surface area contributed by atoms with Crippen molar-refractivity contribution in [3.8, 4) is 6.19 Å². The zero-order valence-corrected chi connectivity index (χ0v) is 16.3. The summed E-state index contributed by atoms with van der Waals surface area (Å²) in [4.78, 5) is 6.16. The van der Waals surface area contributed by atoms with Crippen LogP contribution in [0.5, 0.6) is 0 Å². The van der Waals surface area contributed by atoms with Gasteiger partial charge in [-0.3, -0.25) is 5.32 Å². The van der Waals surface area contributed by atoms with Gasteiger partial charge in [-0.1, -0.05) is 42.8 Å². The van der Waals surface area contributed by atoms with E-state index in [0.29, 0.717) is 17.2 Å². The van der Waals surface area contributed by atoms with Crippen LogP contribution >= 0.6 is 23.1 Å². The minimum absolute atomic E-state index is 0.0826. The lowest BCUT2D eigenvalue weighted by molar-refractivity contribution is -0.0371. The Kier molecular flexibility index (Phi) is 5.30. The van der Waals surface area contributed by atoms with Gasteiger partial charge in [-0.15, -0.1) is 11.3 Å². The molecule has 2 aromatic rings. The van der Waals surface area contributed by atoms with E-state index in [2.05, 4.69) is 27.8 Å². The fourth-order valence-corrected chi connectivity index (χ4v) is 5.44. The maximum absolute atomic E-state index is 8.92. The van der Waals surface area contributed by atoms with Gasteiger partial charge in [0.15, 0.2) is 11.4 Å². The lowest BCUT2D eigenvalue weighted by Gasteiger charge is -2.39. The molecule has 1 aliphatic carbocycles. The number of amidine groups is 1. The van der Waals surface area contributed by atoms with Gasteiger partial charge in [-0.05, 0) is 42.2 Å². The fourth-order valence-electron chi connectivity index (χ4n) is 3.99. The second-order valence-corrected chi connectivity index (χ2v) is 8.35. The molecule has 1 aromatic heterocycles. The average molecular weight is 384 g/mol. The Morgan fingerprint density at radius 2 is 2.12 bits per heavy atom. The van der Waals surface area contributed by atoms with Crippen molar-refractivity contribution in [3.63, 3.8) is 0 Å². The van der Waals surface area contributed by atoms with Crippen molar-refractivity contribution < 1.29 is 4.74 Å². The Hall–Kier alpha value is -1.81. The summed E-state index contributed by atoms with van der Waals surface area (Å²) in [6, 6.07) is 10.3. The third-order valence-electron chi connectivity index (χ3n) is 5.16. The van der Waals surface area contributed by atoms with Gasteiger partial charge in [-0.25, -0.2) is 4.99 Å². The molecule has 1 N–H and O–H groups in total. The summed E-state index contributed by atoms with van der Waals surface area (Å²) in [7, 11) is 0. The number of nitrogens with one attached hydrogen (secondary N) is 1. The zero-order chi connectivity index (χ0) is 17.9. The summed E-state index contributed by atoms with van der Waals surface area (Å²) in [5, 5.41) is 14.4. The van der Waals surface area contributed by atoms with Gasteiger partial charge in [-0.2, -0.15) is 5.26 Å². The molecule has 1 fully saturated rings. The van der Waals surface area contributed by atoms with Crippen molar-refractivity contribution in [2.24, 2.45) is 4.99 Å². The molecule has 4 rings (SSSR count). The largest absolute Gasteiger partial charge is 0.365 e. The Morgan fingerprint density at radius 3 is 2.96 bits per heavy atom. The number of nitriles is 1. The van der Waals surface area contributed by atoms with E-state index in [-0.39, 0.29) is 6.10 Å². The minimum atomic E-state index is -0.0826. The van der Waals surface area contributed by atoms with Gasteiger partial charge in [0.25, 0.3) is 0 Å². The van der Waals surface area contributed by atoms with Crippen molar-refractivity contribution in [3.05, 3.63) is 51.7 Å². The van der Waals surface area contributed by atoms with Crippen LogP contribution in [-0.2, 0) is 4.74 Å². The van der Waals surface area contributed by atoms with Crippen LogP contribution < -0.4 is 5.32 Å². The van der Waals surface area contributed by atoms with Crippen LogP contribution in [-0.4, -0.2) is 17.5 Å². The summed E-state index contributed by atoms with van der Waals surface area (Å²) in [5.74, 6) is 0.549. The zero-order valence-electron chi connectivity index (χ0n) is 14.6. The van der Waals surface area contributed by atoms with E-state index in [1.807, 2.05) is 42.0 Å². The van der Waals surface area contributed by atoms with Crippen molar-refractivity contribution in [1.29, 1.82) is 5.26 Å². The molecular formula is C20H21N3OS2. The lowest BCUT2D eigenvalue weighted by atomic mass is 9.80. The first-order valence-electron chi connectivity index (χ1n) is 8.91. The van der Waals surface area contributed by atoms with Gasteiger partial charge >= 0.3 is 0 Å². The molecule has 3 unspecified atom stereocenters. The number of rotatable bonds is 2. The first-order valence-corrected chi connectivity index (χ1v) is 11.0. The van der Waals surface area contributed by atoms with E-state index >= 15 is 0 Å². The topological polar surface area (TPSA) is 57.4 Å². The molecule has 0 radical (unpaired) electrons. The van der Waals surface area contributed by atoms with E-state index in [1.54, 1.807) is 0 Å². The van der Waals surface area contributed by atoms with Crippen LogP contribution in [0.1, 0.15) is 53.7 Å². The maximum atomic E-state index is 8.92. The maximum Gasteiger partial charge on any atom is 0.183 e. The molecule has 1 saturated carbocycles. The molecule has 0 spiro atoms. The number of aliphatic imine (C=N–C) groups is 1. The molecule has 4 nitrogen and oxygen atoms in total. The summed E-state index contributed by atoms with van der Waals surface area (Å²) in [6.07, 6.45) is 8.99. The molecule has 3 atom stereocenters. The molecule has 6 heteroatoms. The lowest BCUT2D eigenvalue weighted by Crippen LogP contribution is -2.32. The number of nitrogens with zero attached hydrogens (tertiary/aromatic N) is 2. The van der Waals surface area contributed by atoms with Gasteiger partial charge in [0, 0.05) is 16.4 Å². The average Bonchev–Trinajstić information content (AvgIpc) is 3.18. The highest BCUT2D eigenvalue weighted by molar-refractivity contribution is 8.13. The predicted octanol–water partition coefficient (Wildman–Crippen LogP) is 5.32. The van der Waals surface area contributed by atoms with E-state index in [4.69, 9.17) is 10.00 Å². The second kappa shape index (κ2) is 7.83. The monoisotopic (exact) mass is 383 g/mol. The molecular weight excluding hydrogens is 362 g/mol. The van der Waals surface area contributed by atoms with Crippen molar-refractivity contribution >= 4 is 34.0 Å². The van der Waals surface area contributed by atoms with Gasteiger partial charge in [0.2, 0.25) is 0 Å². The molecule has 1 aliphatic heterocycles. The molecule has 1 aromatic carbocycles. The number of thioether (sulfide) groups is 1. The smallest absolute Gasteiger partial charge is 0.183 e. The summed E-state index contributed by atoms with van der Waals surface area (Å²) >= 11 is 3.29. The van der Waals surface area contributed by atoms with E-state index < -0.39 is 0 Å². The van der Waals surface area contributed by atoms with Crippen LogP contribution in [0.2, 0.25) is 0 Å². The summed E-state index contributed by atoms with van der Waals surface area (Å²) < 4.78 is 6.62. The molecule has 2 aliphatic rings. The van der Waals surface area contributed by atoms with Crippen LogP contribution in [0.25, 0.3) is 0 Å². The molecule has 2 heterocycles. The number of para-hydroxylation sites is 1. The van der Waals surface area contributed by atoms with Crippen molar-refractivity contribution in [1.82, 2.24) is 5.32 Å². The SMILES string of the molecule is CSC(=Nc1ccccc1C1OC2CCCCC2c2sccc21)NC#N. The van der Waals surface area contributed by atoms with Gasteiger partial charge in [0.1, 0.15) is 6.10 Å². The quantitative estimate of drug-likeness (QED) is 0.330.